The number of rotatable bonds is 9. The molecule has 1 radical (unpaired) electrons. The molecule has 2 nitrogen and oxygen atoms in total. The summed E-state index contributed by atoms with van der Waals surface area (Å²) in [5.41, 5.74) is 1.46. The Morgan fingerprint density at radius 1 is 0.560 bits per heavy atom. The van der Waals surface area contributed by atoms with Gasteiger partial charge in [-0.1, -0.05) is 81.6 Å². The predicted octanol–water partition coefficient (Wildman–Crippen LogP) is 6.85. The van der Waals surface area contributed by atoms with Crippen LogP contribution in [0.4, 0.5) is 0 Å². The van der Waals surface area contributed by atoms with E-state index in [0.717, 1.165) is 13.0 Å². The molecule has 0 spiro atoms. The van der Waals surface area contributed by atoms with Gasteiger partial charge in [0.25, 0.3) is 0 Å². The second-order valence-corrected chi connectivity index (χ2v) is 10.7. The average Bonchev–Trinajstić information content (AvgIpc) is 2.35. The summed E-state index contributed by atoms with van der Waals surface area (Å²) in [6.45, 7) is 22.0. The van der Waals surface area contributed by atoms with Gasteiger partial charge in [0.2, 0.25) is 0 Å². The number of aliphatic hydroxyl groups excluding tert-OH is 1. The topological polar surface area (TPSA) is 29.5 Å². The predicted molar refractivity (Wildman–Crippen MR) is 109 cm³/mol. The molecule has 0 aliphatic carbocycles. The number of ether oxygens (including phenoxy) is 1. The van der Waals surface area contributed by atoms with Crippen molar-refractivity contribution >= 4 is 0 Å². The van der Waals surface area contributed by atoms with Crippen LogP contribution >= 0.6 is 0 Å². The zero-order valence-corrected chi connectivity index (χ0v) is 21.8. The van der Waals surface area contributed by atoms with Crippen LogP contribution in [0.15, 0.2) is 0 Å². The summed E-state index contributed by atoms with van der Waals surface area (Å²) < 4.78 is 5.13. The minimum atomic E-state index is 0. The molecule has 0 unspecified atom stereocenters. The van der Waals surface area contributed by atoms with Crippen LogP contribution in [0.5, 0.6) is 0 Å². The second kappa shape index (κ2) is 16.0. The molecule has 0 bridgehead atoms. The standard InChI is InChI=1S/C13H28.C9H20O2.Y/c1-12(2,3)10-8-7-9-11-13(4,5)6;1-9(2,3)5-4-7-11-8-6-10;/h7-11H2,1-6H3;10H,4-8H2,1-3H3;. The van der Waals surface area contributed by atoms with Crippen LogP contribution in [-0.2, 0) is 37.4 Å². The van der Waals surface area contributed by atoms with E-state index in [1.54, 1.807) is 0 Å². The van der Waals surface area contributed by atoms with Crippen molar-refractivity contribution in [3.8, 4) is 0 Å². The molecular formula is C22H48O2Y. The molecule has 1 N–H and O–H groups in total. The van der Waals surface area contributed by atoms with Gasteiger partial charge in [-0.05, 0) is 41.9 Å². The maximum atomic E-state index is 8.40. The van der Waals surface area contributed by atoms with Crippen molar-refractivity contribution in [2.75, 3.05) is 19.8 Å². The van der Waals surface area contributed by atoms with Gasteiger partial charge in [-0.25, -0.2) is 0 Å². The van der Waals surface area contributed by atoms with Crippen LogP contribution in [0.25, 0.3) is 0 Å². The Labute approximate surface area is 185 Å². The molecule has 0 amide bonds. The third-order valence-corrected chi connectivity index (χ3v) is 3.80. The van der Waals surface area contributed by atoms with E-state index < -0.39 is 0 Å². The molecule has 0 aliphatic heterocycles. The molecule has 0 atom stereocenters. The van der Waals surface area contributed by atoms with E-state index in [9.17, 15) is 0 Å². The Morgan fingerprint density at radius 2 is 0.920 bits per heavy atom. The van der Waals surface area contributed by atoms with Crippen LogP contribution in [0.1, 0.15) is 107 Å². The second-order valence-electron chi connectivity index (χ2n) is 10.7. The minimum Gasteiger partial charge on any atom is -0.394 e. The van der Waals surface area contributed by atoms with E-state index in [4.69, 9.17) is 9.84 Å². The Morgan fingerprint density at radius 3 is 1.24 bits per heavy atom. The van der Waals surface area contributed by atoms with Crippen LogP contribution < -0.4 is 0 Å². The molecule has 0 aromatic rings. The fourth-order valence-corrected chi connectivity index (χ4v) is 2.36. The molecule has 0 fully saturated rings. The third-order valence-electron chi connectivity index (χ3n) is 3.80. The van der Waals surface area contributed by atoms with E-state index in [1.165, 1.54) is 38.5 Å². The van der Waals surface area contributed by atoms with Gasteiger partial charge in [0.15, 0.2) is 0 Å². The molecule has 0 rings (SSSR count). The quantitative estimate of drug-likeness (QED) is 0.403. The van der Waals surface area contributed by atoms with E-state index in [2.05, 4.69) is 62.3 Å². The van der Waals surface area contributed by atoms with Crippen molar-refractivity contribution in [1.29, 1.82) is 0 Å². The molecule has 151 valence electrons. The Bertz CT molecular complexity index is 253. The summed E-state index contributed by atoms with van der Waals surface area (Å²) in [6.07, 6.45) is 9.23. The largest absolute Gasteiger partial charge is 0.394 e. The number of hydrogen-bond acceptors (Lipinski definition) is 2. The van der Waals surface area contributed by atoms with Gasteiger partial charge >= 0.3 is 0 Å². The summed E-state index contributed by atoms with van der Waals surface area (Å²) >= 11 is 0. The van der Waals surface area contributed by atoms with Gasteiger partial charge in [0.05, 0.1) is 13.2 Å². The third kappa shape index (κ3) is 36.7. The van der Waals surface area contributed by atoms with Gasteiger partial charge in [-0.3, -0.25) is 0 Å². The van der Waals surface area contributed by atoms with Gasteiger partial charge in [-0.2, -0.15) is 0 Å². The summed E-state index contributed by atoms with van der Waals surface area (Å²) in [7, 11) is 0. The molecule has 25 heavy (non-hydrogen) atoms. The average molecular weight is 434 g/mol. The van der Waals surface area contributed by atoms with Crippen molar-refractivity contribution in [3.05, 3.63) is 0 Å². The summed E-state index contributed by atoms with van der Waals surface area (Å²) in [4.78, 5) is 0. The van der Waals surface area contributed by atoms with Crippen molar-refractivity contribution < 1.29 is 42.6 Å². The Kier molecular flexibility index (Phi) is 19.7. The molecule has 0 aliphatic rings. The van der Waals surface area contributed by atoms with Crippen molar-refractivity contribution in [3.63, 3.8) is 0 Å². The monoisotopic (exact) mass is 433 g/mol. The first-order valence-electron chi connectivity index (χ1n) is 9.95. The fourth-order valence-electron chi connectivity index (χ4n) is 2.36. The van der Waals surface area contributed by atoms with Crippen molar-refractivity contribution in [2.45, 2.75) is 107 Å². The van der Waals surface area contributed by atoms with Crippen LogP contribution in [0.2, 0.25) is 0 Å². The summed E-state index contributed by atoms with van der Waals surface area (Å²) in [5, 5.41) is 8.40. The summed E-state index contributed by atoms with van der Waals surface area (Å²) in [5.74, 6) is 0. The SMILES string of the molecule is CC(C)(C)CCCCCC(C)(C)C.CC(C)(C)CCCOCCO.[Y]. The first kappa shape index (κ1) is 30.7. The van der Waals surface area contributed by atoms with Crippen molar-refractivity contribution in [1.82, 2.24) is 0 Å². The van der Waals surface area contributed by atoms with E-state index in [-0.39, 0.29) is 39.3 Å². The first-order valence-corrected chi connectivity index (χ1v) is 9.95. The zero-order valence-electron chi connectivity index (χ0n) is 19.0. The molecule has 0 heterocycles. The van der Waals surface area contributed by atoms with Gasteiger partial charge in [0.1, 0.15) is 0 Å². The maximum absolute atomic E-state index is 8.40. The Hall–Kier alpha value is 1.02. The molecule has 0 saturated carbocycles. The minimum absolute atomic E-state index is 0. The van der Waals surface area contributed by atoms with Crippen LogP contribution in [-0.4, -0.2) is 24.9 Å². The summed E-state index contributed by atoms with van der Waals surface area (Å²) in [6, 6.07) is 0. The van der Waals surface area contributed by atoms with Crippen LogP contribution in [0.3, 0.4) is 0 Å². The molecular weight excluding hydrogens is 385 g/mol. The van der Waals surface area contributed by atoms with E-state index in [0.29, 0.717) is 22.9 Å². The Balaban J connectivity index is -0.000000377. The smallest absolute Gasteiger partial charge is 0.0697 e. The number of aliphatic hydroxyl groups is 1. The first-order chi connectivity index (χ1) is 10.8. The molecule has 0 aromatic heterocycles. The van der Waals surface area contributed by atoms with E-state index in [1.807, 2.05) is 0 Å². The van der Waals surface area contributed by atoms with Gasteiger partial charge in [-0.15, -0.1) is 0 Å². The van der Waals surface area contributed by atoms with E-state index >= 15 is 0 Å². The van der Waals surface area contributed by atoms with Crippen molar-refractivity contribution in [2.24, 2.45) is 16.2 Å². The molecule has 0 saturated heterocycles. The zero-order chi connectivity index (χ0) is 19.3. The maximum Gasteiger partial charge on any atom is 0.0697 e. The normalized spacial score (nSPS) is 12.2. The molecule has 3 heteroatoms. The number of unbranched alkanes of at least 4 members (excludes halogenated alkanes) is 2. The molecule has 0 aromatic carbocycles. The van der Waals surface area contributed by atoms with Gasteiger partial charge < -0.3 is 9.84 Å². The van der Waals surface area contributed by atoms with Crippen LogP contribution in [0, 0.1) is 16.2 Å². The fraction of sp³-hybridized carbons (Fsp3) is 1.00. The number of hydrogen-bond donors (Lipinski definition) is 1. The van der Waals surface area contributed by atoms with Gasteiger partial charge in [0, 0.05) is 39.3 Å².